The number of benzene rings is 1. The summed E-state index contributed by atoms with van der Waals surface area (Å²) >= 11 is 0. The van der Waals surface area contributed by atoms with Gasteiger partial charge in [-0.3, -0.25) is 0 Å². The van der Waals surface area contributed by atoms with Gasteiger partial charge in [-0.25, -0.2) is 8.42 Å². The van der Waals surface area contributed by atoms with Gasteiger partial charge in [-0.15, -0.1) is 0 Å². The number of hydrogen-bond donors (Lipinski definition) is 1. The van der Waals surface area contributed by atoms with E-state index in [4.69, 9.17) is 14.9 Å². The fourth-order valence-corrected chi connectivity index (χ4v) is 4.45. The number of hydrogen-bond acceptors (Lipinski definition) is 6. The lowest BCUT2D eigenvalue weighted by molar-refractivity contribution is 0.0718. The SMILES string of the molecule is COC1CCCC(S(=O)(=O)c2nc3cc(N)ccc3o2)C1. The van der Waals surface area contributed by atoms with Crippen molar-refractivity contribution in [3.05, 3.63) is 18.2 Å². The molecule has 1 aromatic heterocycles. The molecule has 2 unspecified atom stereocenters. The minimum atomic E-state index is -3.58. The molecule has 0 spiro atoms. The lowest BCUT2D eigenvalue weighted by Crippen LogP contribution is -2.31. The summed E-state index contributed by atoms with van der Waals surface area (Å²) < 4.78 is 36.0. The monoisotopic (exact) mass is 310 g/mol. The molecule has 0 bridgehead atoms. The average Bonchev–Trinajstić information content (AvgIpc) is 2.91. The second-order valence-electron chi connectivity index (χ2n) is 5.40. The summed E-state index contributed by atoms with van der Waals surface area (Å²) in [5.41, 5.74) is 7.10. The summed E-state index contributed by atoms with van der Waals surface area (Å²) in [7, 11) is -1.97. The van der Waals surface area contributed by atoms with Crippen LogP contribution in [0.5, 0.6) is 0 Å². The van der Waals surface area contributed by atoms with Crippen LogP contribution in [0.15, 0.2) is 27.8 Å². The van der Waals surface area contributed by atoms with Crippen LogP contribution in [0, 0.1) is 0 Å². The predicted octanol–water partition coefficient (Wildman–Crippen LogP) is 2.14. The number of nitrogens with two attached hydrogens (primary N) is 1. The quantitative estimate of drug-likeness (QED) is 0.873. The molecule has 1 fully saturated rings. The molecule has 3 rings (SSSR count). The van der Waals surface area contributed by atoms with Crippen molar-refractivity contribution in [3.63, 3.8) is 0 Å². The van der Waals surface area contributed by atoms with Crippen LogP contribution in [-0.2, 0) is 14.6 Å². The molecule has 6 nitrogen and oxygen atoms in total. The molecule has 1 heterocycles. The van der Waals surface area contributed by atoms with Crippen LogP contribution >= 0.6 is 0 Å². The fourth-order valence-electron chi connectivity index (χ4n) is 2.79. The van der Waals surface area contributed by atoms with Gasteiger partial charge in [-0.05, 0) is 43.9 Å². The summed E-state index contributed by atoms with van der Waals surface area (Å²) in [6.45, 7) is 0. The van der Waals surface area contributed by atoms with Gasteiger partial charge in [0.2, 0.25) is 9.84 Å². The van der Waals surface area contributed by atoms with E-state index in [1.54, 1.807) is 25.3 Å². The standard InChI is InChI=1S/C14H18N2O4S/c1-19-10-3-2-4-11(8-10)21(17,18)14-16-12-7-9(15)5-6-13(12)20-14/h5-7,10-11H,2-4,8,15H2,1H3. The van der Waals surface area contributed by atoms with Crippen molar-refractivity contribution >= 4 is 26.6 Å². The first-order valence-electron chi connectivity index (χ1n) is 6.93. The van der Waals surface area contributed by atoms with E-state index in [9.17, 15) is 8.42 Å². The van der Waals surface area contributed by atoms with Crippen LogP contribution in [0.25, 0.3) is 11.1 Å². The Hall–Kier alpha value is -1.60. The van der Waals surface area contributed by atoms with Crippen molar-refractivity contribution in [2.45, 2.75) is 42.3 Å². The van der Waals surface area contributed by atoms with Gasteiger partial charge in [0.25, 0.3) is 0 Å². The van der Waals surface area contributed by atoms with Crippen molar-refractivity contribution in [1.29, 1.82) is 0 Å². The van der Waals surface area contributed by atoms with Gasteiger partial charge in [0.05, 0.1) is 11.4 Å². The Morgan fingerprint density at radius 2 is 2.19 bits per heavy atom. The van der Waals surface area contributed by atoms with E-state index in [1.807, 2.05) is 0 Å². The number of methoxy groups -OCH3 is 1. The second-order valence-corrected chi connectivity index (χ2v) is 7.50. The largest absolute Gasteiger partial charge is 0.428 e. The van der Waals surface area contributed by atoms with Gasteiger partial charge in [0, 0.05) is 12.8 Å². The predicted molar refractivity (Wildman–Crippen MR) is 78.7 cm³/mol. The third kappa shape index (κ3) is 2.63. The van der Waals surface area contributed by atoms with Gasteiger partial charge >= 0.3 is 5.22 Å². The van der Waals surface area contributed by atoms with Crippen LogP contribution in [0.1, 0.15) is 25.7 Å². The molecular formula is C14H18N2O4S. The Kier molecular flexibility index (Phi) is 3.62. The highest BCUT2D eigenvalue weighted by molar-refractivity contribution is 7.91. The Labute approximate surface area is 123 Å². The van der Waals surface area contributed by atoms with E-state index in [1.165, 1.54) is 0 Å². The Morgan fingerprint density at radius 3 is 2.95 bits per heavy atom. The molecule has 1 aliphatic rings. The van der Waals surface area contributed by atoms with Crippen molar-refractivity contribution < 1.29 is 17.6 Å². The fraction of sp³-hybridized carbons (Fsp3) is 0.500. The Balaban J connectivity index is 1.95. The maximum absolute atomic E-state index is 12.7. The van der Waals surface area contributed by atoms with E-state index >= 15 is 0 Å². The Bertz CT molecular complexity index is 753. The maximum atomic E-state index is 12.7. The van der Waals surface area contributed by atoms with Crippen molar-refractivity contribution in [1.82, 2.24) is 4.98 Å². The third-order valence-corrected chi connectivity index (χ3v) is 5.95. The van der Waals surface area contributed by atoms with Crippen LogP contribution in [0.3, 0.4) is 0 Å². The molecule has 7 heteroatoms. The lowest BCUT2D eigenvalue weighted by atomic mass is 9.97. The minimum absolute atomic E-state index is 0.0152. The summed E-state index contributed by atoms with van der Waals surface area (Å²) in [5.74, 6) is 0. The molecule has 2 aromatic rings. The second kappa shape index (κ2) is 5.31. The first-order chi connectivity index (χ1) is 10.0. The molecular weight excluding hydrogens is 292 g/mol. The number of fused-ring (bicyclic) bond motifs is 1. The van der Waals surface area contributed by atoms with Gasteiger partial charge < -0.3 is 14.9 Å². The molecule has 0 aliphatic heterocycles. The van der Waals surface area contributed by atoms with Crippen molar-refractivity contribution in [3.8, 4) is 0 Å². The summed E-state index contributed by atoms with van der Waals surface area (Å²) in [6, 6.07) is 4.90. The number of nitrogen functional groups attached to an aromatic ring is 1. The van der Waals surface area contributed by atoms with Gasteiger partial charge in [-0.2, -0.15) is 4.98 Å². The molecule has 1 aromatic carbocycles. The molecule has 2 atom stereocenters. The van der Waals surface area contributed by atoms with Crippen LogP contribution < -0.4 is 5.73 Å². The van der Waals surface area contributed by atoms with E-state index in [-0.39, 0.29) is 11.3 Å². The van der Waals surface area contributed by atoms with E-state index < -0.39 is 15.1 Å². The molecule has 2 N–H and O–H groups in total. The zero-order chi connectivity index (χ0) is 15.0. The molecule has 1 saturated carbocycles. The summed E-state index contributed by atoms with van der Waals surface area (Å²) in [5, 5.41) is -0.716. The number of anilines is 1. The normalized spacial score (nSPS) is 23.5. The summed E-state index contributed by atoms with van der Waals surface area (Å²) in [4.78, 5) is 4.10. The third-order valence-electron chi connectivity index (χ3n) is 3.99. The molecule has 0 radical (unpaired) electrons. The molecule has 0 saturated heterocycles. The molecule has 0 amide bonds. The van der Waals surface area contributed by atoms with Crippen molar-refractivity contribution in [2.24, 2.45) is 0 Å². The average molecular weight is 310 g/mol. The maximum Gasteiger partial charge on any atom is 0.316 e. The zero-order valence-electron chi connectivity index (χ0n) is 11.8. The van der Waals surface area contributed by atoms with E-state index in [0.717, 1.165) is 12.8 Å². The van der Waals surface area contributed by atoms with Gasteiger partial charge in [0.15, 0.2) is 5.58 Å². The molecule has 21 heavy (non-hydrogen) atoms. The Morgan fingerprint density at radius 1 is 1.38 bits per heavy atom. The molecule has 1 aliphatic carbocycles. The van der Waals surface area contributed by atoms with Gasteiger partial charge in [0.1, 0.15) is 5.52 Å². The zero-order valence-corrected chi connectivity index (χ0v) is 12.6. The first-order valence-corrected chi connectivity index (χ1v) is 8.48. The van der Waals surface area contributed by atoms with Gasteiger partial charge in [-0.1, -0.05) is 0 Å². The van der Waals surface area contributed by atoms with E-state index in [0.29, 0.717) is 29.6 Å². The lowest BCUT2D eigenvalue weighted by Gasteiger charge is -2.26. The van der Waals surface area contributed by atoms with Crippen molar-refractivity contribution in [2.75, 3.05) is 12.8 Å². The minimum Gasteiger partial charge on any atom is -0.428 e. The van der Waals surface area contributed by atoms with Crippen LogP contribution in [-0.4, -0.2) is 31.9 Å². The first kappa shape index (κ1) is 14.3. The number of oxazole rings is 1. The topological polar surface area (TPSA) is 95.4 Å². The number of aromatic nitrogens is 1. The number of nitrogens with zero attached hydrogens (tertiary/aromatic N) is 1. The number of rotatable bonds is 3. The highest BCUT2D eigenvalue weighted by Crippen LogP contribution is 2.31. The van der Waals surface area contributed by atoms with E-state index in [2.05, 4.69) is 4.98 Å². The number of ether oxygens (including phenoxy) is 1. The van der Waals surface area contributed by atoms with Crippen LogP contribution in [0.2, 0.25) is 0 Å². The van der Waals surface area contributed by atoms with Crippen LogP contribution in [0.4, 0.5) is 5.69 Å². The highest BCUT2D eigenvalue weighted by Gasteiger charge is 2.36. The summed E-state index contributed by atoms with van der Waals surface area (Å²) in [6.07, 6.45) is 2.81. The smallest absolute Gasteiger partial charge is 0.316 e. The molecule has 114 valence electrons. The highest BCUT2D eigenvalue weighted by atomic mass is 32.2. The number of sulfone groups is 1.